The Labute approximate surface area is 259 Å². The van der Waals surface area contributed by atoms with Crippen molar-refractivity contribution in [2.75, 3.05) is 33.1 Å². The summed E-state index contributed by atoms with van der Waals surface area (Å²) in [7, 11) is -2.13. The first kappa shape index (κ1) is 34.5. The summed E-state index contributed by atoms with van der Waals surface area (Å²) in [5.41, 5.74) is 6.24. The second-order valence-corrected chi connectivity index (χ2v) is 16.0. The third-order valence-corrected chi connectivity index (χ3v) is 12.9. The Bertz CT molecular complexity index is 1480. The summed E-state index contributed by atoms with van der Waals surface area (Å²) in [5.74, 6) is -5.16. The summed E-state index contributed by atoms with van der Waals surface area (Å²) in [6.07, 6.45) is -7.26. The number of rotatable bonds is 12. The fraction of sp³-hybridized carbons (Fsp3) is 0.727. The number of aliphatic hydroxyl groups is 5. The number of anilines is 1. The van der Waals surface area contributed by atoms with E-state index in [4.69, 9.17) is 45.1 Å². The van der Waals surface area contributed by atoms with Gasteiger partial charge < -0.3 is 65.1 Å². The van der Waals surface area contributed by atoms with Gasteiger partial charge in [-0.05, 0) is 31.2 Å². The first-order chi connectivity index (χ1) is 20.5. The number of nitrogens with two attached hydrogens (primary N) is 1. The van der Waals surface area contributed by atoms with Gasteiger partial charge in [-0.15, -0.1) is 11.3 Å². The van der Waals surface area contributed by atoms with E-state index in [-0.39, 0.29) is 0 Å². The van der Waals surface area contributed by atoms with Crippen LogP contribution in [0.4, 0.5) is 5.82 Å². The second-order valence-electron chi connectivity index (χ2n) is 10.8. The molecule has 8 unspecified atom stereocenters. The van der Waals surface area contributed by atoms with Crippen LogP contribution < -0.4 is 11.1 Å². The lowest BCUT2D eigenvalue weighted by molar-refractivity contribution is -0.427. The molecule has 3 fully saturated rings. The molecule has 2 saturated heterocycles. The van der Waals surface area contributed by atoms with Crippen molar-refractivity contribution in [3.8, 4) is 0 Å². The molecule has 2 aliphatic heterocycles. The lowest BCUT2D eigenvalue weighted by Gasteiger charge is -2.49. The van der Waals surface area contributed by atoms with E-state index in [2.05, 4.69) is 15.3 Å². The SMILES string of the molecule is CN[C@@H]1[C@@H](COP(O)(=S)OP(=O)(O)OC2OC3(O)C2C(O)C(O)C3[C@@H](O)CO)O[C@@H](c2csc3c(N)ncnc23)[C@]1(C)OC. The number of aliphatic hydroxyl groups excluding tert-OH is 4. The number of phosphoric acid groups is 1. The maximum atomic E-state index is 12.8. The van der Waals surface area contributed by atoms with Gasteiger partial charge in [0.15, 0.2) is 12.1 Å². The Hall–Kier alpha value is -0.840. The number of nitrogens with zero attached hydrogens (tertiary/aromatic N) is 2. The van der Waals surface area contributed by atoms with E-state index in [0.717, 1.165) is 0 Å². The summed E-state index contributed by atoms with van der Waals surface area (Å²) in [5, 5.41) is 55.4. The number of likely N-dealkylation sites (N-methyl/N-ethyl adjacent to an activating group) is 1. The molecule has 22 heteroatoms. The van der Waals surface area contributed by atoms with E-state index >= 15 is 0 Å². The van der Waals surface area contributed by atoms with Gasteiger partial charge in [-0.25, -0.2) is 18.8 Å². The number of hydrogen-bond donors (Lipinski definition) is 9. The standard InChI is InChI=1S/C22H34N4O14P2S2/c1-21(35-3)17(24-2)10(37-18(21)8-6-44-16-13(8)25-7-26-19(16)23)5-36-42(34,43)40-41(32,33)39-20-12-15(30)14(29)11(9(28)4-27)22(12,31)38-20/h6-7,9-12,14-15,17-18,20,24,27-31H,4-5H2,1-3H3,(H,32,33)(H,34,43)(H2,23,25,26)/t9-,10+,11?,12?,14?,15?,17+,18-,20?,21+,22?,42?/m0/s1. The van der Waals surface area contributed by atoms with E-state index in [1.807, 2.05) is 5.38 Å². The maximum absolute atomic E-state index is 12.8. The highest BCUT2D eigenvalue weighted by Crippen LogP contribution is 2.65. The molecule has 0 bridgehead atoms. The fourth-order valence-electron chi connectivity index (χ4n) is 6.23. The highest BCUT2D eigenvalue weighted by atomic mass is 32.5. The number of phosphoric ester groups is 1. The monoisotopic (exact) mass is 704 g/mol. The molecule has 2 aromatic heterocycles. The molecular formula is C22H34N4O14P2S2. The topological polar surface area (TPSA) is 278 Å². The second kappa shape index (κ2) is 12.3. The van der Waals surface area contributed by atoms with Gasteiger partial charge in [-0.1, -0.05) is 0 Å². The van der Waals surface area contributed by atoms with Gasteiger partial charge in [-0.2, -0.15) is 0 Å². The minimum absolute atomic E-state index is 0.306. The van der Waals surface area contributed by atoms with Crippen LogP contribution in [0.15, 0.2) is 11.7 Å². The van der Waals surface area contributed by atoms with Crippen molar-refractivity contribution in [3.05, 3.63) is 17.3 Å². The largest absolute Gasteiger partial charge is 0.481 e. The van der Waals surface area contributed by atoms with E-state index in [0.29, 0.717) is 21.6 Å². The minimum Gasteiger partial charge on any atom is -0.394 e. The molecule has 10 N–H and O–H groups in total. The number of methoxy groups -OCH3 is 1. The Morgan fingerprint density at radius 2 is 2.00 bits per heavy atom. The average Bonchev–Trinajstić information content (AvgIpc) is 3.53. The van der Waals surface area contributed by atoms with Gasteiger partial charge in [-0.3, -0.25) is 4.52 Å². The molecule has 5 rings (SSSR count). The Morgan fingerprint density at radius 3 is 2.64 bits per heavy atom. The van der Waals surface area contributed by atoms with Crippen molar-refractivity contribution in [2.24, 2.45) is 11.8 Å². The van der Waals surface area contributed by atoms with Crippen LogP contribution in [0.2, 0.25) is 0 Å². The van der Waals surface area contributed by atoms with Crippen LogP contribution in [-0.2, 0) is 43.9 Å². The molecule has 13 atom stereocenters. The van der Waals surface area contributed by atoms with E-state index in [1.165, 1.54) is 24.8 Å². The summed E-state index contributed by atoms with van der Waals surface area (Å²) in [4.78, 5) is 29.3. The summed E-state index contributed by atoms with van der Waals surface area (Å²) in [6.45, 7) is -4.02. The molecule has 2 aromatic rings. The van der Waals surface area contributed by atoms with Crippen LogP contribution in [0.25, 0.3) is 10.2 Å². The summed E-state index contributed by atoms with van der Waals surface area (Å²) >= 11 is 6.27. The van der Waals surface area contributed by atoms with Crippen molar-refractivity contribution >= 4 is 53.7 Å². The number of fused-ring (bicyclic) bond motifs is 2. The van der Waals surface area contributed by atoms with Crippen molar-refractivity contribution in [2.45, 2.75) is 61.2 Å². The van der Waals surface area contributed by atoms with Gasteiger partial charge in [0.2, 0.25) is 0 Å². The third kappa shape index (κ3) is 5.78. The van der Waals surface area contributed by atoms with Crippen LogP contribution in [-0.4, -0.2) is 121 Å². The maximum Gasteiger partial charge on any atom is 0.481 e. The van der Waals surface area contributed by atoms with Crippen molar-refractivity contribution in [1.82, 2.24) is 15.3 Å². The zero-order valence-corrected chi connectivity index (χ0v) is 26.9. The molecular weight excluding hydrogens is 670 g/mol. The molecule has 1 saturated carbocycles. The van der Waals surface area contributed by atoms with E-state index < -0.39 is 93.8 Å². The van der Waals surface area contributed by atoms with Gasteiger partial charge in [0.05, 0.1) is 59.6 Å². The molecule has 4 heterocycles. The first-order valence-electron chi connectivity index (χ1n) is 13.1. The Morgan fingerprint density at radius 1 is 1.30 bits per heavy atom. The summed E-state index contributed by atoms with van der Waals surface area (Å²) in [6, 6.07) is -0.558. The van der Waals surface area contributed by atoms with Crippen LogP contribution in [0.3, 0.4) is 0 Å². The lowest BCUT2D eigenvalue weighted by Crippen LogP contribution is -2.64. The zero-order valence-electron chi connectivity index (χ0n) is 23.4. The average molecular weight is 705 g/mol. The van der Waals surface area contributed by atoms with Gasteiger partial charge >= 0.3 is 14.5 Å². The molecule has 0 radical (unpaired) electrons. The van der Waals surface area contributed by atoms with Crippen molar-refractivity contribution < 1.29 is 67.5 Å². The zero-order chi connectivity index (χ0) is 32.4. The van der Waals surface area contributed by atoms with Crippen molar-refractivity contribution in [1.29, 1.82) is 0 Å². The highest BCUT2D eigenvalue weighted by molar-refractivity contribution is 8.08. The van der Waals surface area contributed by atoms with Crippen LogP contribution in [0.1, 0.15) is 18.6 Å². The molecule has 0 aromatic carbocycles. The van der Waals surface area contributed by atoms with Crippen LogP contribution in [0, 0.1) is 11.8 Å². The molecule has 44 heavy (non-hydrogen) atoms. The normalized spacial score (nSPS) is 40.3. The predicted octanol–water partition coefficient (Wildman–Crippen LogP) is -1.56. The fourth-order valence-corrected chi connectivity index (χ4v) is 10.3. The quantitative estimate of drug-likeness (QED) is 0.113. The van der Waals surface area contributed by atoms with Gasteiger partial charge in [0.25, 0.3) is 0 Å². The number of aromatic nitrogens is 2. The molecule has 1 aliphatic carbocycles. The van der Waals surface area contributed by atoms with E-state index in [1.54, 1.807) is 14.0 Å². The smallest absolute Gasteiger partial charge is 0.394 e. The minimum atomic E-state index is -5.29. The molecule has 0 spiro atoms. The Balaban J connectivity index is 1.25. The number of thiophene rings is 1. The van der Waals surface area contributed by atoms with E-state index in [9.17, 15) is 39.9 Å². The third-order valence-electron chi connectivity index (χ3n) is 8.35. The van der Waals surface area contributed by atoms with Gasteiger partial charge in [0.1, 0.15) is 30.0 Å². The number of nitrogen functional groups attached to an aromatic ring is 1. The Kier molecular flexibility index (Phi) is 9.65. The first-order valence-corrected chi connectivity index (χ1v) is 18.1. The van der Waals surface area contributed by atoms with Crippen LogP contribution in [0.5, 0.6) is 0 Å². The predicted molar refractivity (Wildman–Crippen MR) is 154 cm³/mol. The number of nitrogens with one attached hydrogen (secondary N) is 1. The van der Waals surface area contributed by atoms with Crippen LogP contribution >= 0.6 is 25.9 Å². The molecule has 18 nitrogen and oxygen atoms in total. The van der Waals surface area contributed by atoms with Crippen molar-refractivity contribution in [3.63, 3.8) is 0 Å². The lowest BCUT2D eigenvalue weighted by atomic mass is 9.86. The molecule has 0 amide bonds. The molecule has 3 aliphatic rings. The number of ether oxygens (including phenoxy) is 3. The van der Waals surface area contributed by atoms with Gasteiger partial charge in [0, 0.05) is 12.7 Å². The number of hydrogen-bond acceptors (Lipinski definition) is 18. The highest BCUT2D eigenvalue weighted by Gasteiger charge is 2.73. The summed E-state index contributed by atoms with van der Waals surface area (Å²) < 4.78 is 45.7. The molecule has 248 valence electrons.